The van der Waals surface area contributed by atoms with Gasteiger partial charge in [-0.25, -0.2) is 0 Å². The van der Waals surface area contributed by atoms with Crippen LogP contribution in [0, 0.1) is 0 Å². The first kappa shape index (κ1) is 15.7. The average Bonchev–Trinajstić information content (AvgIpc) is 2.15. The minimum atomic E-state index is -1.57. The van der Waals surface area contributed by atoms with E-state index in [0.29, 0.717) is 0 Å². The van der Waals surface area contributed by atoms with Crippen LogP contribution in [0.25, 0.3) is 0 Å². The van der Waals surface area contributed by atoms with Crippen molar-refractivity contribution >= 4 is 50.3 Å². The van der Waals surface area contributed by atoms with Crippen LogP contribution in [0.2, 0.25) is 0 Å². The third-order valence-corrected chi connectivity index (χ3v) is 13.7. The van der Waals surface area contributed by atoms with Gasteiger partial charge in [0.15, 0.2) is 0 Å². The minimum absolute atomic E-state index is 0.286. The van der Waals surface area contributed by atoms with Crippen LogP contribution >= 0.6 is 0 Å². The van der Waals surface area contributed by atoms with E-state index in [1.807, 2.05) is 0 Å². The Bertz CT molecular complexity index is 158. The molecule has 0 radical (unpaired) electrons. The van der Waals surface area contributed by atoms with Gasteiger partial charge in [0.25, 0.3) is 0 Å². The Morgan fingerprint density at radius 3 is 1.12 bits per heavy atom. The topological polar surface area (TPSA) is 36.9 Å². The van der Waals surface area contributed by atoms with E-state index in [-0.39, 0.29) is 24.4 Å². The van der Waals surface area contributed by atoms with Crippen molar-refractivity contribution in [2.75, 3.05) is 0 Å². The molecule has 0 amide bonds. The summed E-state index contributed by atoms with van der Waals surface area (Å²) in [6.45, 7) is 8.44. The van der Waals surface area contributed by atoms with Gasteiger partial charge in [0.05, 0.1) is 0 Å². The summed E-state index contributed by atoms with van der Waals surface area (Å²) in [5.74, 6) is 0. The van der Waals surface area contributed by atoms with E-state index in [1.54, 1.807) is 0 Å². The summed E-state index contributed by atoms with van der Waals surface area (Å²) in [5, 5.41) is 0. The van der Waals surface area contributed by atoms with Gasteiger partial charge in [-0.15, -0.1) is 0 Å². The van der Waals surface area contributed by atoms with E-state index < -0.39 is 50.3 Å². The van der Waals surface area contributed by atoms with E-state index in [4.69, 9.17) is 10.7 Å². The summed E-state index contributed by atoms with van der Waals surface area (Å²) >= 11 is -3.15. The van der Waals surface area contributed by atoms with Crippen molar-refractivity contribution in [2.24, 2.45) is 0 Å². The van der Waals surface area contributed by atoms with Gasteiger partial charge in [-0.2, -0.15) is 0 Å². The predicted octanol–water partition coefficient (Wildman–Crippen LogP) is 0.934. The number of rotatable bonds is 0. The Morgan fingerprint density at radius 1 is 0.625 bits per heavy atom. The fraction of sp³-hybridized carbons (Fsp3) is 1.00. The van der Waals surface area contributed by atoms with Gasteiger partial charge in [0, 0.05) is 0 Å². The van der Waals surface area contributed by atoms with E-state index in [9.17, 15) is 0 Å². The van der Waals surface area contributed by atoms with Gasteiger partial charge in [0.2, 0.25) is 0 Å². The van der Waals surface area contributed by atoms with Crippen molar-refractivity contribution < 1.29 is 10.7 Å². The summed E-state index contributed by atoms with van der Waals surface area (Å²) < 4.78 is 23.2. The Balaban J connectivity index is 2.39. The molecular weight excluding hydrogens is 593 g/mol. The van der Waals surface area contributed by atoms with Gasteiger partial charge in [0.1, 0.15) is 0 Å². The zero-order valence-corrected chi connectivity index (χ0v) is 21.8. The Kier molecular flexibility index (Phi) is 8.59. The van der Waals surface area contributed by atoms with Crippen molar-refractivity contribution in [2.45, 2.75) is 65.0 Å². The molecule has 6 heteroatoms. The predicted molar refractivity (Wildman–Crippen MR) is 65.7 cm³/mol. The van der Waals surface area contributed by atoms with Crippen molar-refractivity contribution in [1.82, 2.24) is 0 Å². The molecule has 0 saturated carbocycles. The van der Waals surface area contributed by atoms with Gasteiger partial charge in [-0.05, 0) is 0 Å². The quantitative estimate of drug-likeness (QED) is 0.381. The van der Waals surface area contributed by atoms with Crippen LogP contribution in [0.1, 0.15) is 40.5 Å². The summed E-state index contributed by atoms with van der Waals surface area (Å²) in [5.41, 5.74) is 0. The SMILES string of the molecule is CC1CC(C)[O][TlH][O]C(C)CC(C)[O][TlH][O]1. The molecular formula is C10H22O4Tl2. The van der Waals surface area contributed by atoms with Gasteiger partial charge in [-0.1, -0.05) is 0 Å². The summed E-state index contributed by atoms with van der Waals surface area (Å²) in [6, 6.07) is 0. The monoisotopic (exact) mass is 616 g/mol. The first-order chi connectivity index (χ1) is 7.58. The van der Waals surface area contributed by atoms with Gasteiger partial charge in [-0.3, -0.25) is 0 Å². The molecule has 16 heavy (non-hydrogen) atoms. The number of hydrogen-bond acceptors (Lipinski definition) is 4. The zero-order chi connectivity index (χ0) is 12.0. The van der Waals surface area contributed by atoms with E-state index in [0.717, 1.165) is 12.8 Å². The van der Waals surface area contributed by atoms with Crippen LogP contribution in [-0.4, -0.2) is 74.7 Å². The zero-order valence-electron chi connectivity index (χ0n) is 10.8. The maximum absolute atomic E-state index is 5.79. The van der Waals surface area contributed by atoms with Crippen LogP contribution in [0.3, 0.4) is 0 Å². The molecule has 0 aromatic carbocycles. The standard InChI is InChI=1S/2C5H10O2.2Tl.2H/c2*1-4(6)3-5(2)7;;;;/h2*4-5H,3H2,1-2H3;;;;/q2*-2;2*+2;;. The second kappa shape index (κ2) is 8.73. The van der Waals surface area contributed by atoms with Crippen molar-refractivity contribution in [3.63, 3.8) is 0 Å². The van der Waals surface area contributed by atoms with Gasteiger partial charge >= 0.3 is 126 Å². The molecule has 1 aliphatic heterocycles. The molecule has 4 unspecified atom stereocenters. The second-order valence-electron chi connectivity index (χ2n) is 4.62. The molecule has 0 bridgehead atoms. The van der Waals surface area contributed by atoms with Crippen LogP contribution in [0.15, 0.2) is 0 Å². The summed E-state index contributed by atoms with van der Waals surface area (Å²) in [7, 11) is 0. The maximum atomic E-state index is 5.79. The van der Waals surface area contributed by atoms with Crippen LogP contribution in [-0.2, 0) is 10.7 Å². The Hall–Kier alpha value is 1.68. The fourth-order valence-electron chi connectivity index (χ4n) is 1.75. The molecule has 1 rings (SSSR count). The number of hydrogen-bond donors (Lipinski definition) is 0. The third kappa shape index (κ3) is 7.19. The first-order valence-electron chi connectivity index (χ1n) is 6.04. The van der Waals surface area contributed by atoms with Gasteiger partial charge < -0.3 is 0 Å². The molecule has 0 aliphatic carbocycles. The molecule has 0 aromatic heterocycles. The molecule has 1 fully saturated rings. The molecule has 0 aromatic rings. The van der Waals surface area contributed by atoms with E-state index >= 15 is 0 Å². The average molecular weight is 615 g/mol. The third-order valence-electron chi connectivity index (χ3n) is 2.74. The normalized spacial score (nSPS) is 38.8. The molecule has 4 atom stereocenters. The Morgan fingerprint density at radius 2 is 0.875 bits per heavy atom. The second-order valence-corrected chi connectivity index (χ2v) is 11.6. The van der Waals surface area contributed by atoms with Crippen molar-refractivity contribution in [1.29, 1.82) is 0 Å². The summed E-state index contributed by atoms with van der Waals surface area (Å²) in [6.07, 6.45) is 3.08. The van der Waals surface area contributed by atoms with Crippen LogP contribution in [0.5, 0.6) is 0 Å². The summed E-state index contributed by atoms with van der Waals surface area (Å²) in [4.78, 5) is 0. The van der Waals surface area contributed by atoms with Crippen LogP contribution in [0.4, 0.5) is 0 Å². The molecule has 4 nitrogen and oxygen atoms in total. The molecule has 1 heterocycles. The van der Waals surface area contributed by atoms with Crippen molar-refractivity contribution in [3.05, 3.63) is 0 Å². The molecule has 0 N–H and O–H groups in total. The van der Waals surface area contributed by atoms with Crippen molar-refractivity contribution in [3.8, 4) is 0 Å². The van der Waals surface area contributed by atoms with E-state index in [1.165, 1.54) is 0 Å². The van der Waals surface area contributed by atoms with E-state index in [2.05, 4.69) is 27.7 Å². The molecule has 1 aliphatic rings. The molecule has 0 spiro atoms. The Labute approximate surface area is 125 Å². The molecule has 1 saturated heterocycles. The first-order valence-corrected chi connectivity index (χ1v) is 15.0. The molecule has 92 valence electrons. The fourth-order valence-corrected chi connectivity index (χ4v) is 8.09. The van der Waals surface area contributed by atoms with Crippen LogP contribution < -0.4 is 0 Å².